The van der Waals surface area contributed by atoms with Gasteiger partial charge >= 0.3 is 0 Å². The number of hydrogen-bond acceptors (Lipinski definition) is 4. The smallest absolute Gasteiger partial charge is 0.168 e. The minimum Gasteiger partial charge on any atom is -0.348 e. The van der Waals surface area contributed by atoms with Crippen LogP contribution in [0, 0.1) is 0 Å². The van der Waals surface area contributed by atoms with Gasteiger partial charge in [0.25, 0.3) is 0 Å². The zero-order valence-corrected chi connectivity index (χ0v) is 12.9. The summed E-state index contributed by atoms with van der Waals surface area (Å²) < 4.78 is 13.5. The molecule has 0 unspecified atom stereocenters. The predicted molar refractivity (Wildman–Crippen MR) is 76.6 cm³/mol. The molecule has 0 aromatic carbocycles. The maximum Gasteiger partial charge on any atom is 0.168 e. The molecule has 6 heteroatoms. The minimum atomic E-state index is -0.274. The molecule has 2 heterocycles. The highest BCUT2D eigenvalue weighted by atomic mass is 35.5. The van der Waals surface area contributed by atoms with Crippen LogP contribution in [0.5, 0.6) is 0 Å². The quantitative estimate of drug-likeness (QED) is 0.858. The van der Waals surface area contributed by atoms with E-state index in [0.29, 0.717) is 11.2 Å². The second-order valence-electron chi connectivity index (χ2n) is 5.81. The van der Waals surface area contributed by atoms with Crippen LogP contribution in [0.1, 0.15) is 31.5 Å². The molecule has 1 aromatic rings. The van der Waals surface area contributed by atoms with Crippen molar-refractivity contribution in [2.24, 2.45) is 7.05 Å². The summed E-state index contributed by atoms with van der Waals surface area (Å²) in [6.07, 6.45) is 5.90. The van der Waals surface area contributed by atoms with Gasteiger partial charge in [0.2, 0.25) is 0 Å². The highest BCUT2D eigenvalue weighted by Crippen LogP contribution is 2.37. The predicted octanol–water partition coefficient (Wildman–Crippen LogP) is 2.19. The van der Waals surface area contributed by atoms with Gasteiger partial charge in [-0.25, -0.2) is 4.98 Å². The summed E-state index contributed by atoms with van der Waals surface area (Å²) >= 11 is 6.03. The van der Waals surface area contributed by atoms with Crippen molar-refractivity contribution >= 4 is 11.6 Å². The summed E-state index contributed by atoms with van der Waals surface area (Å²) in [4.78, 5) is 6.72. The zero-order chi connectivity index (χ0) is 14.2. The third kappa shape index (κ3) is 2.72. The summed E-state index contributed by atoms with van der Waals surface area (Å²) in [7, 11) is 4.11. The molecule has 1 saturated carbocycles. The fraction of sp³-hybridized carbons (Fsp3) is 0.786. The molecule has 112 valence electrons. The molecule has 2 fully saturated rings. The molecule has 0 atom stereocenters. The summed E-state index contributed by atoms with van der Waals surface area (Å²) in [5.74, 6) is 0.732. The zero-order valence-electron chi connectivity index (χ0n) is 12.1. The van der Waals surface area contributed by atoms with Gasteiger partial charge in [-0.2, -0.15) is 0 Å². The van der Waals surface area contributed by atoms with E-state index in [-0.39, 0.29) is 5.79 Å². The van der Waals surface area contributed by atoms with Crippen molar-refractivity contribution in [1.82, 2.24) is 14.5 Å². The van der Waals surface area contributed by atoms with E-state index in [1.807, 2.05) is 11.6 Å². The Balaban J connectivity index is 1.56. The van der Waals surface area contributed by atoms with E-state index >= 15 is 0 Å². The van der Waals surface area contributed by atoms with Crippen molar-refractivity contribution in [2.45, 2.75) is 44.1 Å². The van der Waals surface area contributed by atoms with Crippen LogP contribution in [0.25, 0.3) is 0 Å². The van der Waals surface area contributed by atoms with Crippen LogP contribution in [0.3, 0.4) is 0 Å². The number of halogens is 1. The first kappa shape index (κ1) is 14.3. The van der Waals surface area contributed by atoms with E-state index in [2.05, 4.69) is 16.9 Å². The van der Waals surface area contributed by atoms with Crippen LogP contribution in [-0.4, -0.2) is 46.5 Å². The lowest BCUT2D eigenvalue weighted by atomic mass is 9.89. The van der Waals surface area contributed by atoms with Gasteiger partial charge in [0, 0.05) is 25.9 Å². The third-order valence-corrected chi connectivity index (χ3v) is 4.92. The number of rotatable bonds is 3. The number of ether oxygens (including phenoxy) is 2. The van der Waals surface area contributed by atoms with Gasteiger partial charge in [-0.05, 0) is 19.9 Å². The molecule has 0 N–H and O–H groups in total. The molecule has 0 amide bonds. The molecule has 0 radical (unpaired) electrons. The van der Waals surface area contributed by atoms with Crippen molar-refractivity contribution < 1.29 is 9.47 Å². The van der Waals surface area contributed by atoms with Crippen molar-refractivity contribution in [1.29, 1.82) is 0 Å². The second-order valence-corrected chi connectivity index (χ2v) is 6.20. The summed E-state index contributed by atoms with van der Waals surface area (Å²) in [6.45, 7) is 2.31. The lowest BCUT2D eigenvalue weighted by Gasteiger charge is -2.38. The van der Waals surface area contributed by atoms with Crippen LogP contribution < -0.4 is 0 Å². The molecular formula is C14H22ClN3O2. The Morgan fingerprint density at radius 1 is 1.40 bits per heavy atom. The van der Waals surface area contributed by atoms with E-state index in [0.717, 1.165) is 51.3 Å². The molecule has 5 nitrogen and oxygen atoms in total. The van der Waals surface area contributed by atoms with Crippen LogP contribution in [0.15, 0.2) is 6.20 Å². The third-order valence-electron chi connectivity index (χ3n) is 4.57. The summed E-state index contributed by atoms with van der Waals surface area (Å²) in [5, 5.41) is 0.684. The average Bonchev–Trinajstić information content (AvgIpc) is 3.02. The van der Waals surface area contributed by atoms with Gasteiger partial charge in [0.05, 0.1) is 26.0 Å². The maximum absolute atomic E-state index is 6.03. The summed E-state index contributed by atoms with van der Waals surface area (Å²) in [6, 6.07) is 0.559. The SMILES string of the molecule is CN(Cc1ncc(Cl)n1C)C1CCC2(CC1)OCCO2. The Labute approximate surface area is 124 Å². The van der Waals surface area contributed by atoms with E-state index < -0.39 is 0 Å². The van der Waals surface area contributed by atoms with Crippen molar-refractivity contribution in [3.8, 4) is 0 Å². The van der Waals surface area contributed by atoms with Gasteiger partial charge in [0.15, 0.2) is 5.79 Å². The van der Waals surface area contributed by atoms with Crippen molar-refractivity contribution in [3.05, 3.63) is 17.2 Å². The van der Waals surface area contributed by atoms with Crippen LogP contribution in [-0.2, 0) is 23.1 Å². The molecule has 2 aliphatic rings. The Kier molecular flexibility index (Phi) is 4.04. The average molecular weight is 300 g/mol. The highest BCUT2D eigenvalue weighted by molar-refractivity contribution is 6.29. The Morgan fingerprint density at radius 3 is 2.60 bits per heavy atom. The number of aromatic nitrogens is 2. The summed E-state index contributed by atoms with van der Waals surface area (Å²) in [5.41, 5.74) is 0. The molecule has 1 aromatic heterocycles. The first-order valence-corrected chi connectivity index (χ1v) is 7.62. The number of nitrogens with zero attached hydrogens (tertiary/aromatic N) is 3. The van der Waals surface area contributed by atoms with Crippen molar-refractivity contribution in [2.75, 3.05) is 20.3 Å². The Morgan fingerprint density at radius 2 is 2.05 bits per heavy atom. The Bertz CT molecular complexity index is 461. The van der Waals surface area contributed by atoms with Crippen molar-refractivity contribution in [3.63, 3.8) is 0 Å². The second kappa shape index (κ2) is 5.64. The monoisotopic (exact) mass is 299 g/mol. The van der Waals surface area contributed by atoms with E-state index in [1.54, 1.807) is 6.20 Å². The van der Waals surface area contributed by atoms with Gasteiger partial charge < -0.3 is 14.0 Å². The lowest BCUT2D eigenvalue weighted by Crippen LogP contribution is -2.42. The topological polar surface area (TPSA) is 39.5 Å². The molecule has 1 aliphatic carbocycles. The van der Waals surface area contributed by atoms with Crippen LogP contribution in [0.2, 0.25) is 5.15 Å². The van der Waals surface area contributed by atoms with Gasteiger partial charge in [-0.1, -0.05) is 11.6 Å². The van der Waals surface area contributed by atoms with E-state index in [1.165, 1.54) is 0 Å². The molecule has 1 saturated heterocycles. The number of hydrogen-bond donors (Lipinski definition) is 0. The molecule has 0 bridgehead atoms. The number of imidazole rings is 1. The standard InChI is InChI=1S/C14H22ClN3O2/c1-17(10-13-16-9-12(15)18(13)2)11-3-5-14(6-4-11)19-7-8-20-14/h9,11H,3-8,10H2,1-2H3. The minimum absolute atomic E-state index is 0.274. The van der Waals surface area contributed by atoms with Crippen LogP contribution in [0.4, 0.5) is 0 Å². The highest BCUT2D eigenvalue weighted by Gasteiger charge is 2.41. The molecule has 20 heavy (non-hydrogen) atoms. The fourth-order valence-electron chi connectivity index (χ4n) is 3.19. The van der Waals surface area contributed by atoms with Gasteiger partial charge in [0.1, 0.15) is 11.0 Å². The molecule has 3 rings (SSSR count). The largest absolute Gasteiger partial charge is 0.348 e. The van der Waals surface area contributed by atoms with E-state index in [9.17, 15) is 0 Å². The van der Waals surface area contributed by atoms with Gasteiger partial charge in [-0.15, -0.1) is 0 Å². The molecular weight excluding hydrogens is 278 g/mol. The molecule has 1 spiro atoms. The maximum atomic E-state index is 6.03. The molecule has 1 aliphatic heterocycles. The Hall–Kier alpha value is -0.620. The lowest BCUT2D eigenvalue weighted by molar-refractivity contribution is -0.183. The van der Waals surface area contributed by atoms with E-state index in [4.69, 9.17) is 21.1 Å². The first-order valence-electron chi connectivity index (χ1n) is 7.24. The van der Waals surface area contributed by atoms with Crippen LogP contribution >= 0.6 is 11.6 Å². The normalized spacial score (nSPS) is 23.0. The van der Waals surface area contributed by atoms with Gasteiger partial charge in [-0.3, -0.25) is 4.90 Å². The fourth-order valence-corrected chi connectivity index (χ4v) is 3.34. The first-order chi connectivity index (χ1) is 9.60.